The van der Waals surface area contributed by atoms with Crippen molar-refractivity contribution < 1.29 is 18.3 Å². The highest BCUT2D eigenvalue weighted by Crippen LogP contribution is 2.60. The van der Waals surface area contributed by atoms with E-state index in [1.807, 2.05) is 84.9 Å². The predicted octanol–water partition coefficient (Wildman–Crippen LogP) is 27.2. The summed E-state index contributed by atoms with van der Waals surface area (Å²) in [5.74, 6) is 2.34. The highest BCUT2D eigenvalue weighted by Gasteiger charge is 2.48. The Labute approximate surface area is 611 Å². The van der Waals surface area contributed by atoms with Gasteiger partial charge in [-0.2, -0.15) is 0 Å². The second-order valence-electron chi connectivity index (χ2n) is 27.1. The molecular weight excluding hydrogens is 1310 g/mol. The number of benzene rings is 16. The van der Waals surface area contributed by atoms with Gasteiger partial charge in [0.15, 0.2) is 0 Å². The number of ether oxygens (including phenoxy) is 2. The summed E-state index contributed by atoms with van der Waals surface area (Å²) in [4.78, 5) is 4.51. The fourth-order valence-corrected chi connectivity index (χ4v) is 17.7. The lowest BCUT2D eigenvalue weighted by molar-refractivity contribution is 0.482. The van der Waals surface area contributed by atoms with Gasteiger partial charge in [-0.15, -0.1) is 11.3 Å². The van der Waals surface area contributed by atoms with E-state index in [-0.39, 0.29) is 11.6 Å². The number of nitrogens with zero attached hydrogens (tertiary/aromatic N) is 2. The third-order valence-electron chi connectivity index (χ3n) is 21.3. The SMILES string of the molecule is C=Cc1ccc(Oc2ccc(C3(c4ccccc4)c4ccccc4-c4ccc(N(c5ccc(F)cc5)c5ccc6cc7sc8cc9ccc(N(c%10ccc(F)cc%10)c%10ccc%11c(c%10)C(c%10ccccc%10)(c%10ccc(Oc%12ccc(C=C)cc%12)cc%10)c%10ccccc%10-%11)cc9cc8c7cc6c5)cc43)cc2)cc1. The van der Waals surface area contributed by atoms with Crippen molar-refractivity contribution in [2.24, 2.45) is 0 Å². The Bertz CT molecular complexity index is 5880. The zero-order valence-electron chi connectivity index (χ0n) is 56.9. The molecule has 16 aromatic carbocycles. The van der Waals surface area contributed by atoms with Gasteiger partial charge in [0.25, 0.3) is 0 Å². The largest absolute Gasteiger partial charge is 0.457 e. The summed E-state index contributed by atoms with van der Waals surface area (Å²) in [5.41, 5.74) is 19.7. The maximum atomic E-state index is 15.2. The van der Waals surface area contributed by atoms with Crippen molar-refractivity contribution in [2.75, 3.05) is 9.80 Å². The van der Waals surface area contributed by atoms with Crippen molar-refractivity contribution >= 4 is 99.3 Å². The van der Waals surface area contributed by atoms with Gasteiger partial charge >= 0.3 is 0 Å². The molecule has 1 aromatic heterocycles. The van der Waals surface area contributed by atoms with E-state index in [2.05, 4.69) is 278 Å². The molecule has 19 rings (SSSR count). The van der Waals surface area contributed by atoms with Gasteiger partial charge in [0.1, 0.15) is 34.6 Å². The lowest BCUT2D eigenvalue weighted by Crippen LogP contribution is -2.28. The lowest BCUT2D eigenvalue weighted by Gasteiger charge is -2.35. The summed E-state index contributed by atoms with van der Waals surface area (Å²) < 4.78 is 45.6. The monoisotopic (exact) mass is 1370 g/mol. The maximum Gasteiger partial charge on any atom is 0.127 e. The van der Waals surface area contributed by atoms with Crippen molar-refractivity contribution in [3.63, 3.8) is 0 Å². The van der Waals surface area contributed by atoms with E-state index >= 15 is 8.78 Å². The molecule has 1 heterocycles. The van der Waals surface area contributed by atoms with Crippen LogP contribution >= 0.6 is 11.3 Å². The van der Waals surface area contributed by atoms with E-state index < -0.39 is 10.8 Å². The molecule has 0 bridgehead atoms. The van der Waals surface area contributed by atoms with E-state index in [0.29, 0.717) is 0 Å². The molecule has 17 aromatic rings. The van der Waals surface area contributed by atoms with Crippen molar-refractivity contribution in [1.29, 1.82) is 0 Å². The lowest BCUT2D eigenvalue weighted by atomic mass is 9.67. The molecular formula is C98H64F2N2O2S. The van der Waals surface area contributed by atoms with Gasteiger partial charge in [-0.1, -0.05) is 207 Å². The molecule has 2 aliphatic carbocycles. The molecule has 105 heavy (non-hydrogen) atoms. The van der Waals surface area contributed by atoms with Crippen LogP contribution in [0.4, 0.5) is 42.9 Å². The fourth-order valence-electron chi connectivity index (χ4n) is 16.5. The summed E-state index contributed by atoms with van der Waals surface area (Å²) in [5, 5.41) is 6.66. The van der Waals surface area contributed by atoms with Gasteiger partial charge in [0, 0.05) is 54.3 Å². The van der Waals surface area contributed by atoms with Crippen LogP contribution in [-0.4, -0.2) is 0 Å². The van der Waals surface area contributed by atoms with E-state index in [0.717, 1.165) is 145 Å². The van der Waals surface area contributed by atoms with Crippen LogP contribution in [0.3, 0.4) is 0 Å². The van der Waals surface area contributed by atoms with Crippen molar-refractivity contribution in [2.45, 2.75) is 10.8 Å². The zero-order chi connectivity index (χ0) is 70.3. The summed E-state index contributed by atoms with van der Waals surface area (Å²) in [6.07, 6.45) is 3.65. The third-order valence-corrected chi connectivity index (χ3v) is 22.4. The van der Waals surface area contributed by atoms with Crippen molar-refractivity contribution in [1.82, 2.24) is 0 Å². The van der Waals surface area contributed by atoms with Crippen LogP contribution < -0.4 is 19.3 Å². The van der Waals surface area contributed by atoms with Gasteiger partial charge in [0.05, 0.1) is 10.8 Å². The standard InChI is InChI=1S/C98H64F2N2O2S/c1-3-63-23-45-81(46-24-63)103-83-49-29-71(30-50-83)97(69-15-7-5-8-16-69)91-21-13-11-19-85(91)87-53-43-79(61-93(87)97)101(75-39-33-73(99)34-40-75)77-37-27-65-59-95-89(57-67(65)55-77)90-58-68-56-78(38-28-66(68)60-96(90)105-95)102(76-41-35-74(100)36-42-76)80-44-54-88-86-20-12-14-22-92(86)98(94(88)62-80,70-17-9-6-10-18-70)72-31-51-84(52-32-72)104-82-47-25-64(4-2)26-48-82/h3-62H,1-2H2. The maximum absolute atomic E-state index is 15.2. The molecule has 0 radical (unpaired) electrons. The van der Waals surface area contributed by atoms with Gasteiger partial charge in [0.2, 0.25) is 0 Å². The first kappa shape index (κ1) is 62.8. The summed E-state index contributed by atoms with van der Waals surface area (Å²) >= 11 is 1.80. The highest BCUT2D eigenvalue weighted by molar-refractivity contribution is 7.26. The van der Waals surface area contributed by atoms with Gasteiger partial charge in [-0.05, 0) is 269 Å². The second-order valence-corrected chi connectivity index (χ2v) is 28.2. The van der Waals surface area contributed by atoms with Crippen molar-refractivity contribution in [3.8, 4) is 45.3 Å². The summed E-state index contributed by atoms with van der Waals surface area (Å²) in [6, 6.07) is 122. The van der Waals surface area contributed by atoms with Crippen LogP contribution in [0.15, 0.2) is 365 Å². The first-order chi connectivity index (χ1) is 51.7. The van der Waals surface area contributed by atoms with Crippen LogP contribution in [0.25, 0.3) is 76.1 Å². The molecule has 498 valence electrons. The summed E-state index contributed by atoms with van der Waals surface area (Å²) in [7, 11) is 0. The molecule has 0 spiro atoms. The van der Waals surface area contributed by atoms with Crippen LogP contribution in [0.5, 0.6) is 23.0 Å². The average Bonchev–Trinajstić information content (AvgIpc) is 1.56. The average molecular weight is 1370 g/mol. The Morgan fingerprint density at radius 2 is 0.600 bits per heavy atom. The molecule has 0 saturated heterocycles. The molecule has 2 atom stereocenters. The van der Waals surface area contributed by atoms with Gasteiger partial charge in [-0.3, -0.25) is 0 Å². The number of hydrogen-bond donors (Lipinski definition) is 0. The smallest absolute Gasteiger partial charge is 0.127 e. The minimum Gasteiger partial charge on any atom is -0.457 e. The van der Waals surface area contributed by atoms with Crippen LogP contribution in [0.2, 0.25) is 0 Å². The Hall–Kier alpha value is -13.2. The number of rotatable bonds is 16. The molecule has 2 unspecified atom stereocenters. The first-order valence-corrected chi connectivity index (χ1v) is 36.1. The summed E-state index contributed by atoms with van der Waals surface area (Å²) in [6.45, 7) is 7.84. The van der Waals surface area contributed by atoms with E-state index in [1.54, 1.807) is 35.6 Å². The predicted molar refractivity (Wildman–Crippen MR) is 431 cm³/mol. The Balaban J connectivity index is 0.719. The van der Waals surface area contributed by atoms with E-state index in [1.165, 1.54) is 31.7 Å². The molecule has 0 saturated carbocycles. The molecule has 2 aliphatic rings. The molecule has 7 heteroatoms. The molecule has 0 aliphatic heterocycles. The number of anilines is 6. The van der Waals surface area contributed by atoms with E-state index in [9.17, 15) is 0 Å². The molecule has 0 amide bonds. The second kappa shape index (κ2) is 25.4. The Morgan fingerprint density at radius 3 is 0.990 bits per heavy atom. The minimum absolute atomic E-state index is 0.308. The topological polar surface area (TPSA) is 24.9 Å². The van der Waals surface area contributed by atoms with Crippen molar-refractivity contribution in [3.05, 3.63) is 432 Å². The third kappa shape index (κ3) is 10.5. The fraction of sp³-hybridized carbons (Fsp3) is 0.0204. The number of halogens is 2. The van der Waals surface area contributed by atoms with Gasteiger partial charge in [-0.25, -0.2) is 8.78 Å². The first-order valence-electron chi connectivity index (χ1n) is 35.3. The molecule has 4 nitrogen and oxygen atoms in total. The molecule has 0 N–H and O–H groups in total. The van der Waals surface area contributed by atoms with Crippen LogP contribution in [-0.2, 0) is 10.8 Å². The molecule has 0 fully saturated rings. The Morgan fingerprint density at radius 1 is 0.276 bits per heavy atom. The minimum atomic E-state index is -0.725. The zero-order valence-corrected chi connectivity index (χ0v) is 57.7. The number of hydrogen-bond acceptors (Lipinski definition) is 5. The quantitative estimate of drug-likeness (QED) is 0.0963. The number of thiophene rings is 1. The number of fused-ring (bicyclic) bond motifs is 11. The Kier molecular flexibility index (Phi) is 15.2. The highest BCUT2D eigenvalue weighted by atomic mass is 32.1. The van der Waals surface area contributed by atoms with Gasteiger partial charge < -0.3 is 19.3 Å². The normalized spacial score (nSPS) is 14.7. The van der Waals surface area contributed by atoms with Crippen LogP contribution in [0, 0.1) is 11.6 Å². The van der Waals surface area contributed by atoms with E-state index in [4.69, 9.17) is 9.47 Å². The van der Waals surface area contributed by atoms with Crippen LogP contribution in [0.1, 0.15) is 55.6 Å².